The number of thiophene rings is 1. The molecule has 2 aromatic carbocycles. The molecule has 120 valence electrons. The average Bonchev–Trinajstić information content (AvgIpc) is 3.19. The molecule has 0 saturated carbocycles. The van der Waals surface area contributed by atoms with E-state index in [1.54, 1.807) is 17.4 Å². The number of hydrogen-bond donors (Lipinski definition) is 0. The monoisotopic (exact) mass is 340 g/mol. The van der Waals surface area contributed by atoms with Crippen LogP contribution in [0.3, 0.4) is 0 Å². The number of allylic oxidation sites excluding steroid dienone is 4. The van der Waals surface area contributed by atoms with Gasteiger partial charge in [-0.1, -0.05) is 72.8 Å². The first-order valence-electron chi connectivity index (χ1n) is 8.16. The van der Waals surface area contributed by atoms with Crippen molar-refractivity contribution in [2.75, 3.05) is 0 Å². The van der Waals surface area contributed by atoms with Crippen LogP contribution in [-0.2, 0) is 4.79 Å². The second-order valence-corrected chi connectivity index (χ2v) is 6.74. The van der Waals surface area contributed by atoms with Gasteiger partial charge in [0.05, 0.1) is 0 Å². The lowest BCUT2D eigenvalue weighted by atomic mass is 9.90. The van der Waals surface area contributed by atoms with E-state index in [4.69, 9.17) is 0 Å². The average molecular weight is 340 g/mol. The predicted octanol–water partition coefficient (Wildman–Crippen LogP) is 5.86. The zero-order chi connectivity index (χ0) is 17.1. The minimum atomic E-state index is 0.0496. The lowest BCUT2D eigenvalue weighted by Crippen LogP contribution is -2.04. The van der Waals surface area contributed by atoms with E-state index < -0.39 is 0 Å². The third-order valence-electron chi connectivity index (χ3n) is 4.22. The normalized spacial score (nSPS) is 15.4. The summed E-state index contributed by atoms with van der Waals surface area (Å²) in [5, 5.41) is 2.07. The van der Waals surface area contributed by atoms with Crippen molar-refractivity contribution in [3.05, 3.63) is 112 Å². The molecule has 0 atom stereocenters. The van der Waals surface area contributed by atoms with Crippen LogP contribution >= 0.6 is 11.3 Å². The minimum absolute atomic E-state index is 0.0496. The Balaban J connectivity index is 1.83. The molecule has 0 bridgehead atoms. The molecule has 1 nitrogen and oxygen atoms in total. The van der Waals surface area contributed by atoms with Crippen molar-refractivity contribution in [2.45, 2.75) is 0 Å². The summed E-state index contributed by atoms with van der Waals surface area (Å²) in [5.41, 5.74) is 5.09. The molecular weight excluding hydrogens is 324 g/mol. The van der Waals surface area contributed by atoms with Gasteiger partial charge in [-0.2, -0.15) is 0 Å². The highest BCUT2D eigenvalue weighted by molar-refractivity contribution is 7.11. The Bertz CT molecular complexity index is 990. The van der Waals surface area contributed by atoms with Gasteiger partial charge in [0.1, 0.15) is 0 Å². The summed E-state index contributed by atoms with van der Waals surface area (Å²) in [6, 6.07) is 22.4. The largest absolute Gasteiger partial charge is 0.289 e. The van der Waals surface area contributed by atoms with Gasteiger partial charge in [0.15, 0.2) is 5.78 Å². The Kier molecular flexibility index (Phi) is 4.28. The quantitative estimate of drug-likeness (QED) is 0.546. The molecular formula is C23H16OS. The minimum Gasteiger partial charge on any atom is -0.289 e. The van der Waals surface area contributed by atoms with E-state index in [0.29, 0.717) is 0 Å². The second-order valence-electron chi connectivity index (χ2n) is 5.79. The van der Waals surface area contributed by atoms with Crippen molar-refractivity contribution in [3.63, 3.8) is 0 Å². The van der Waals surface area contributed by atoms with Gasteiger partial charge in [-0.3, -0.25) is 4.79 Å². The molecule has 0 amide bonds. The van der Waals surface area contributed by atoms with Crippen LogP contribution in [-0.4, -0.2) is 5.78 Å². The number of ketones is 1. The fraction of sp³-hybridized carbons (Fsp3) is 0. The van der Waals surface area contributed by atoms with Crippen LogP contribution < -0.4 is 0 Å². The maximum atomic E-state index is 12.4. The van der Waals surface area contributed by atoms with Crippen LogP contribution in [0, 0.1) is 0 Å². The summed E-state index contributed by atoms with van der Waals surface area (Å²) >= 11 is 1.70. The standard InChI is InChI=1S/C23H16OS/c24-22-15-12-18-9-4-5-10-19(18)21(22)14-13-20(23-11-6-16-25-23)17-7-2-1-3-8-17/h1-16H/b20-13+,21-14+. The van der Waals surface area contributed by atoms with Crippen molar-refractivity contribution < 1.29 is 4.79 Å². The smallest absolute Gasteiger partial charge is 0.186 e. The SMILES string of the molecule is O=C1C=Cc2ccccc2/C1=C\C=C(/c1ccccc1)c1cccs1. The van der Waals surface area contributed by atoms with Gasteiger partial charge in [-0.15, -0.1) is 11.3 Å². The molecule has 1 heterocycles. The number of hydrogen-bond acceptors (Lipinski definition) is 2. The van der Waals surface area contributed by atoms with Crippen LogP contribution in [0.5, 0.6) is 0 Å². The molecule has 0 aliphatic heterocycles. The molecule has 0 radical (unpaired) electrons. The first-order valence-corrected chi connectivity index (χ1v) is 9.04. The number of rotatable bonds is 3. The molecule has 0 N–H and O–H groups in total. The Hall–Kier alpha value is -2.97. The highest BCUT2D eigenvalue weighted by Crippen LogP contribution is 2.30. The highest BCUT2D eigenvalue weighted by atomic mass is 32.1. The molecule has 1 aliphatic rings. The molecule has 0 spiro atoms. The maximum Gasteiger partial charge on any atom is 0.186 e. The van der Waals surface area contributed by atoms with Crippen molar-refractivity contribution >= 4 is 34.3 Å². The maximum absolute atomic E-state index is 12.4. The molecule has 0 fully saturated rings. The number of benzene rings is 2. The summed E-state index contributed by atoms with van der Waals surface area (Å²) in [7, 11) is 0. The lowest BCUT2D eigenvalue weighted by Gasteiger charge is -2.12. The van der Waals surface area contributed by atoms with Gasteiger partial charge in [0.2, 0.25) is 0 Å². The lowest BCUT2D eigenvalue weighted by molar-refractivity contribution is -0.109. The van der Waals surface area contributed by atoms with E-state index in [-0.39, 0.29) is 5.78 Å². The number of carbonyl (C=O) groups excluding carboxylic acids is 1. The number of carbonyl (C=O) groups is 1. The van der Waals surface area contributed by atoms with E-state index in [0.717, 1.165) is 27.8 Å². The Morgan fingerprint density at radius 2 is 1.64 bits per heavy atom. The van der Waals surface area contributed by atoms with Crippen molar-refractivity contribution in [1.82, 2.24) is 0 Å². The van der Waals surface area contributed by atoms with E-state index in [1.165, 1.54) is 4.88 Å². The van der Waals surface area contributed by atoms with Gasteiger partial charge in [0.25, 0.3) is 0 Å². The van der Waals surface area contributed by atoms with Crippen LogP contribution in [0.25, 0.3) is 17.2 Å². The summed E-state index contributed by atoms with van der Waals surface area (Å²) in [6.07, 6.45) is 7.54. The third kappa shape index (κ3) is 3.17. The van der Waals surface area contributed by atoms with Gasteiger partial charge in [-0.05, 0) is 45.9 Å². The summed E-state index contributed by atoms with van der Waals surface area (Å²) < 4.78 is 0. The Morgan fingerprint density at radius 3 is 2.44 bits per heavy atom. The van der Waals surface area contributed by atoms with Gasteiger partial charge < -0.3 is 0 Å². The molecule has 1 aromatic heterocycles. The molecule has 4 rings (SSSR count). The van der Waals surface area contributed by atoms with Crippen LogP contribution in [0.15, 0.2) is 90.3 Å². The fourth-order valence-corrected chi connectivity index (χ4v) is 3.76. The van der Waals surface area contributed by atoms with Gasteiger partial charge in [0, 0.05) is 10.5 Å². The molecule has 1 aliphatic carbocycles. The second kappa shape index (κ2) is 6.88. The summed E-state index contributed by atoms with van der Waals surface area (Å²) in [5.74, 6) is 0.0496. The van der Waals surface area contributed by atoms with E-state index >= 15 is 0 Å². The van der Waals surface area contributed by atoms with Crippen molar-refractivity contribution in [3.8, 4) is 0 Å². The molecule has 2 heteroatoms. The molecule has 0 unspecified atom stereocenters. The van der Waals surface area contributed by atoms with E-state index in [1.807, 2.05) is 60.7 Å². The van der Waals surface area contributed by atoms with E-state index in [2.05, 4.69) is 29.7 Å². The molecule has 3 aromatic rings. The van der Waals surface area contributed by atoms with Crippen LogP contribution in [0.1, 0.15) is 21.6 Å². The molecule has 0 saturated heterocycles. The zero-order valence-electron chi connectivity index (χ0n) is 13.6. The third-order valence-corrected chi connectivity index (χ3v) is 5.12. The topological polar surface area (TPSA) is 17.1 Å². The summed E-state index contributed by atoms with van der Waals surface area (Å²) in [4.78, 5) is 13.6. The number of fused-ring (bicyclic) bond motifs is 1. The van der Waals surface area contributed by atoms with Crippen LogP contribution in [0.2, 0.25) is 0 Å². The zero-order valence-corrected chi connectivity index (χ0v) is 14.4. The Labute approximate surface area is 151 Å². The Morgan fingerprint density at radius 1 is 0.840 bits per heavy atom. The predicted molar refractivity (Wildman–Crippen MR) is 106 cm³/mol. The fourth-order valence-electron chi connectivity index (χ4n) is 2.98. The van der Waals surface area contributed by atoms with Crippen LogP contribution in [0.4, 0.5) is 0 Å². The van der Waals surface area contributed by atoms with Crippen molar-refractivity contribution in [1.29, 1.82) is 0 Å². The molecule has 25 heavy (non-hydrogen) atoms. The van der Waals surface area contributed by atoms with Gasteiger partial charge >= 0.3 is 0 Å². The van der Waals surface area contributed by atoms with E-state index in [9.17, 15) is 4.79 Å². The summed E-state index contributed by atoms with van der Waals surface area (Å²) in [6.45, 7) is 0. The van der Waals surface area contributed by atoms with Gasteiger partial charge in [-0.25, -0.2) is 0 Å². The first kappa shape index (κ1) is 15.6. The van der Waals surface area contributed by atoms with Crippen molar-refractivity contribution in [2.24, 2.45) is 0 Å². The highest BCUT2D eigenvalue weighted by Gasteiger charge is 2.16. The first-order chi connectivity index (χ1) is 12.3.